The van der Waals surface area contributed by atoms with Crippen LogP contribution in [0.4, 0.5) is 0 Å². The van der Waals surface area contributed by atoms with Crippen LogP contribution < -0.4 is 19.8 Å². The van der Waals surface area contributed by atoms with Gasteiger partial charge < -0.3 is 34.2 Å². The second kappa shape index (κ2) is 15.4. The average Bonchev–Trinajstić information content (AvgIpc) is 2.84. The van der Waals surface area contributed by atoms with Crippen LogP contribution in [0.5, 0.6) is 11.5 Å². The molecule has 1 aliphatic rings. The molecule has 8 heteroatoms. The summed E-state index contributed by atoms with van der Waals surface area (Å²) < 4.78 is 36.1. The summed E-state index contributed by atoms with van der Waals surface area (Å²) in [5.74, 6) is 1.37. The minimum absolute atomic E-state index is 0.425. The van der Waals surface area contributed by atoms with Crippen LogP contribution in [-0.2, 0) is 25.5 Å². The van der Waals surface area contributed by atoms with E-state index in [1.807, 2.05) is 18.2 Å². The van der Waals surface area contributed by atoms with Gasteiger partial charge in [-0.05, 0) is 23.3 Å². The summed E-state index contributed by atoms with van der Waals surface area (Å²) in [5.41, 5.74) is 6.04. The predicted octanol–water partition coefficient (Wildman–Crippen LogP) is 1.22. The topological polar surface area (TPSA) is 86.9 Å². The van der Waals surface area contributed by atoms with Gasteiger partial charge >= 0.3 is 0 Å². The zero-order valence-corrected chi connectivity index (χ0v) is 19.3. The van der Waals surface area contributed by atoms with Gasteiger partial charge in [0, 0.05) is 12.1 Å². The van der Waals surface area contributed by atoms with E-state index in [-0.39, 0.29) is 0 Å². The fourth-order valence-electron chi connectivity index (χ4n) is 3.15. The van der Waals surface area contributed by atoms with Gasteiger partial charge in [-0.25, -0.2) is 0 Å². The molecule has 1 aromatic carbocycles. The maximum atomic E-state index is 5.97. The van der Waals surface area contributed by atoms with Crippen molar-refractivity contribution in [3.05, 3.63) is 53.9 Å². The van der Waals surface area contributed by atoms with Crippen LogP contribution in [0.15, 0.2) is 42.7 Å². The molecule has 0 bridgehead atoms. The Labute approximate surface area is 195 Å². The molecule has 0 saturated heterocycles. The molecule has 0 unspecified atom stereocenters. The molecule has 3 N–H and O–H groups in total. The summed E-state index contributed by atoms with van der Waals surface area (Å²) in [6.07, 6.45) is 8.28. The highest BCUT2D eigenvalue weighted by Gasteiger charge is 2.07. The molecule has 8 nitrogen and oxygen atoms in total. The van der Waals surface area contributed by atoms with Crippen molar-refractivity contribution >= 4 is 12.2 Å². The maximum Gasteiger partial charge on any atom is 0.196 e. The number of nitrogens with zero attached hydrogens (tertiary/aromatic N) is 1. The van der Waals surface area contributed by atoms with Crippen molar-refractivity contribution < 1.29 is 38.7 Å². The Kier molecular flexibility index (Phi) is 11.7. The Bertz CT molecular complexity index is 828. The first-order valence-electron chi connectivity index (χ1n) is 11.5. The van der Waals surface area contributed by atoms with E-state index >= 15 is 0 Å². The minimum Gasteiger partial charge on any atom is -0.487 e. The van der Waals surface area contributed by atoms with E-state index in [0.29, 0.717) is 77.6 Å². The monoisotopic (exact) mass is 460 g/mol. The zero-order valence-electron chi connectivity index (χ0n) is 19.3. The van der Waals surface area contributed by atoms with Crippen LogP contribution in [0, 0.1) is 0 Å². The number of ether oxygens (including phenoxy) is 6. The van der Waals surface area contributed by atoms with Crippen molar-refractivity contribution in [3.8, 4) is 11.5 Å². The number of hydrogen-bond acceptors (Lipinski definition) is 6. The highest BCUT2D eigenvalue weighted by atomic mass is 16.6. The van der Waals surface area contributed by atoms with Crippen LogP contribution in [0.25, 0.3) is 12.2 Å². The molecule has 0 aliphatic carbocycles. The van der Waals surface area contributed by atoms with Gasteiger partial charge in [0.15, 0.2) is 30.4 Å². The molecule has 0 fully saturated rings. The van der Waals surface area contributed by atoms with Gasteiger partial charge in [-0.1, -0.05) is 18.2 Å². The third kappa shape index (κ3) is 9.89. The average molecular weight is 461 g/mol. The van der Waals surface area contributed by atoms with E-state index in [9.17, 15) is 0 Å². The number of aromatic nitrogens is 1. The molecule has 180 valence electrons. The van der Waals surface area contributed by atoms with Gasteiger partial charge in [0.25, 0.3) is 0 Å². The van der Waals surface area contributed by atoms with Crippen LogP contribution in [0.2, 0.25) is 0 Å². The second-order valence-corrected chi connectivity index (χ2v) is 7.41. The Morgan fingerprint density at radius 3 is 1.73 bits per heavy atom. The van der Waals surface area contributed by atoms with Gasteiger partial charge in [-0.2, -0.15) is 4.57 Å². The lowest BCUT2D eigenvalue weighted by Gasteiger charge is -2.14. The van der Waals surface area contributed by atoms with Crippen molar-refractivity contribution in [3.63, 3.8) is 0 Å². The Balaban J connectivity index is 1.61. The molecule has 1 aromatic heterocycles. The Morgan fingerprint density at radius 2 is 1.15 bits per heavy atom. The fraction of sp³-hybridized carbons (Fsp3) is 0.480. The number of pyridine rings is 1. The molecule has 0 radical (unpaired) electrons. The largest absolute Gasteiger partial charge is 0.487 e. The van der Waals surface area contributed by atoms with E-state index in [1.165, 1.54) is 0 Å². The number of rotatable bonds is 4. The van der Waals surface area contributed by atoms with E-state index in [4.69, 9.17) is 28.4 Å². The lowest BCUT2D eigenvalue weighted by atomic mass is 10.1. The second-order valence-electron chi connectivity index (χ2n) is 7.41. The van der Waals surface area contributed by atoms with Crippen molar-refractivity contribution in [2.75, 3.05) is 72.6 Å². The molecule has 2 aromatic rings. The molecule has 0 amide bonds. The quantitative estimate of drug-likeness (QED) is 0.691. The third-order valence-corrected chi connectivity index (χ3v) is 4.86. The lowest BCUT2D eigenvalue weighted by molar-refractivity contribution is -0.711. The molecule has 1 aliphatic heterocycles. The maximum absolute atomic E-state index is 5.97. The van der Waals surface area contributed by atoms with Crippen molar-refractivity contribution in [1.82, 2.24) is 0 Å². The lowest BCUT2D eigenvalue weighted by Crippen LogP contribution is -2.56. The highest BCUT2D eigenvalue weighted by Crippen LogP contribution is 2.29. The number of hydrogen-bond donors (Lipinski definition) is 1. The predicted molar refractivity (Wildman–Crippen MR) is 124 cm³/mol. The molecule has 33 heavy (non-hydrogen) atoms. The highest BCUT2D eigenvalue weighted by molar-refractivity contribution is 5.70. The first kappa shape index (κ1) is 25.1. The van der Waals surface area contributed by atoms with Crippen molar-refractivity contribution in [2.24, 2.45) is 0 Å². The van der Waals surface area contributed by atoms with Crippen LogP contribution in [0.3, 0.4) is 0 Å². The molecule has 0 spiro atoms. The van der Waals surface area contributed by atoms with Crippen molar-refractivity contribution in [2.45, 2.75) is 6.54 Å². The summed E-state index contributed by atoms with van der Waals surface area (Å²) in [5, 5.41) is 0. The van der Waals surface area contributed by atoms with Gasteiger partial charge in [-0.3, -0.25) is 0 Å². The number of quaternary nitrogens is 1. The fourth-order valence-corrected chi connectivity index (χ4v) is 3.15. The standard InChI is InChI=1S/C25H35N2O6/c26-7-10-27-8-5-22(6-9-27)1-2-23-3-4-24-25(21-23)33-20-18-31-16-14-29-12-11-28-13-15-30-17-19-32-24/h1-6,8-9,21H,7,10-20,26H2/q+1/p+1/b2-1+. The van der Waals surface area contributed by atoms with Crippen molar-refractivity contribution in [1.29, 1.82) is 0 Å². The Hall–Kier alpha value is -2.49. The van der Waals surface area contributed by atoms with Gasteiger partial charge in [0.1, 0.15) is 19.8 Å². The summed E-state index contributed by atoms with van der Waals surface area (Å²) in [6, 6.07) is 10.1. The molecule has 3 rings (SSSR count). The summed E-state index contributed by atoms with van der Waals surface area (Å²) in [7, 11) is 0. The first-order chi connectivity index (χ1) is 16.3. The van der Waals surface area contributed by atoms with E-state index in [2.05, 4.69) is 47.0 Å². The normalized spacial score (nSPS) is 17.4. The van der Waals surface area contributed by atoms with E-state index < -0.39 is 0 Å². The molecular formula is C25H36N2O6+2. The minimum atomic E-state index is 0.425. The van der Waals surface area contributed by atoms with Gasteiger partial charge in [0.05, 0.1) is 52.9 Å². The summed E-state index contributed by atoms with van der Waals surface area (Å²) in [6.45, 7) is 6.80. The number of fused-ring (bicyclic) bond motifs is 1. The Morgan fingerprint density at radius 1 is 0.636 bits per heavy atom. The summed E-state index contributed by atoms with van der Waals surface area (Å²) in [4.78, 5) is 0. The van der Waals surface area contributed by atoms with E-state index in [1.54, 1.807) is 0 Å². The van der Waals surface area contributed by atoms with Gasteiger partial charge in [-0.15, -0.1) is 0 Å². The molecular weight excluding hydrogens is 424 g/mol. The summed E-state index contributed by atoms with van der Waals surface area (Å²) >= 11 is 0. The van der Waals surface area contributed by atoms with E-state index in [0.717, 1.165) is 24.2 Å². The third-order valence-electron chi connectivity index (χ3n) is 4.86. The molecule has 2 heterocycles. The van der Waals surface area contributed by atoms with Gasteiger partial charge in [0.2, 0.25) is 0 Å². The number of benzene rings is 1. The first-order valence-corrected chi connectivity index (χ1v) is 11.5. The van der Waals surface area contributed by atoms with Crippen LogP contribution in [0.1, 0.15) is 11.1 Å². The molecule has 0 atom stereocenters. The van der Waals surface area contributed by atoms with Crippen LogP contribution in [-0.4, -0.2) is 72.6 Å². The zero-order chi connectivity index (χ0) is 23.0. The SMILES string of the molecule is [NH3+]CC[n+]1ccc(/C=C/c2ccc3c(c2)OCCOCCOCCOCCOCCO3)cc1. The smallest absolute Gasteiger partial charge is 0.196 e. The van der Waals surface area contributed by atoms with Crippen LogP contribution >= 0.6 is 0 Å². The molecule has 0 saturated carbocycles.